The van der Waals surface area contributed by atoms with Gasteiger partial charge in [-0.05, 0) is 37.1 Å². The molecule has 2 aromatic rings. The van der Waals surface area contributed by atoms with Crippen molar-refractivity contribution in [2.24, 2.45) is 0 Å². The molecular weight excluding hydrogens is 370 g/mol. The first-order valence-corrected chi connectivity index (χ1v) is 7.84. The van der Waals surface area contributed by atoms with Gasteiger partial charge in [-0.1, -0.05) is 59.7 Å². The van der Waals surface area contributed by atoms with Gasteiger partial charge in [-0.15, -0.1) is 0 Å². The number of ether oxygens (including phenoxy) is 1. The van der Waals surface area contributed by atoms with Crippen molar-refractivity contribution in [2.45, 2.75) is 26.1 Å². The van der Waals surface area contributed by atoms with E-state index in [2.05, 4.69) is 4.74 Å². The zero-order valence-electron chi connectivity index (χ0n) is 14.4. The van der Waals surface area contributed by atoms with Gasteiger partial charge in [0.05, 0.1) is 0 Å². The van der Waals surface area contributed by atoms with Crippen LogP contribution in [0.3, 0.4) is 0 Å². The maximum absolute atomic E-state index is 13.7. The first kappa shape index (κ1) is 20.8. The molecule has 0 amide bonds. The molecule has 144 valence electrons. The molecular formula is C20H16F6O. The molecule has 0 aliphatic heterocycles. The van der Waals surface area contributed by atoms with Crippen molar-refractivity contribution in [2.75, 3.05) is 0 Å². The van der Waals surface area contributed by atoms with Crippen LogP contribution in [0, 0.1) is 13.8 Å². The monoisotopic (exact) mass is 386 g/mol. The Morgan fingerprint density at radius 2 is 0.963 bits per heavy atom. The fraction of sp³-hybridized carbons (Fsp3) is 0.200. The molecule has 0 N–H and O–H groups in total. The standard InChI is InChI=1S/C20H16F6O/c1-13-3-7-15(8-4-13)11-17(21)19(23,24)27-20(25,26)18(22)12-16-9-5-14(2)6-10-16/h3-12H,1-2H3/b17-11-,18-12-. The Morgan fingerprint density at radius 3 is 1.26 bits per heavy atom. The SMILES string of the molecule is Cc1ccc(/C=C(\F)C(F)(F)OC(F)(F)/C(F)=C/c2ccc(C)cc2)cc1. The van der Waals surface area contributed by atoms with E-state index in [1.165, 1.54) is 48.5 Å². The molecule has 0 aliphatic rings. The molecule has 0 saturated carbocycles. The number of halogens is 6. The number of benzene rings is 2. The van der Waals surface area contributed by atoms with Crippen LogP contribution in [0.5, 0.6) is 0 Å². The number of alkyl halides is 4. The van der Waals surface area contributed by atoms with Gasteiger partial charge in [-0.2, -0.15) is 17.6 Å². The molecule has 0 unspecified atom stereocenters. The van der Waals surface area contributed by atoms with E-state index in [0.29, 0.717) is 12.2 Å². The topological polar surface area (TPSA) is 9.23 Å². The third kappa shape index (κ3) is 5.72. The summed E-state index contributed by atoms with van der Waals surface area (Å²) in [4.78, 5) is 0. The van der Waals surface area contributed by atoms with Crippen molar-refractivity contribution in [1.29, 1.82) is 0 Å². The molecule has 27 heavy (non-hydrogen) atoms. The van der Waals surface area contributed by atoms with Crippen LogP contribution in [-0.4, -0.2) is 12.2 Å². The van der Waals surface area contributed by atoms with Crippen molar-refractivity contribution in [3.63, 3.8) is 0 Å². The van der Waals surface area contributed by atoms with Crippen LogP contribution in [0.4, 0.5) is 26.3 Å². The highest BCUT2D eigenvalue weighted by Gasteiger charge is 2.50. The summed E-state index contributed by atoms with van der Waals surface area (Å²) in [6.45, 7) is 3.45. The predicted octanol–water partition coefficient (Wildman–Crippen LogP) is 6.83. The van der Waals surface area contributed by atoms with Crippen molar-refractivity contribution >= 4 is 12.2 Å². The lowest BCUT2D eigenvalue weighted by atomic mass is 10.1. The summed E-state index contributed by atoms with van der Waals surface area (Å²) in [5.41, 5.74) is 1.62. The van der Waals surface area contributed by atoms with E-state index in [-0.39, 0.29) is 11.1 Å². The van der Waals surface area contributed by atoms with E-state index in [1.807, 2.05) is 0 Å². The van der Waals surface area contributed by atoms with Crippen LogP contribution in [0.25, 0.3) is 12.2 Å². The number of hydrogen-bond donors (Lipinski definition) is 0. The fourth-order valence-electron chi connectivity index (χ4n) is 2.04. The zero-order valence-corrected chi connectivity index (χ0v) is 14.4. The van der Waals surface area contributed by atoms with Gasteiger partial charge in [-0.25, -0.2) is 13.5 Å². The first-order chi connectivity index (χ1) is 12.5. The Balaban J connectivity index is 2.20. The lowest BCUT2D eigenvalue weighted by molar-refractivity contribution is -0.352. The van der Waals surface area contributed by atoms with Crippen LogP contribution >= 0.6 is 0 Å². The summed E-state index contributed by atoms with van der Waals surface area (Å²) in [6.07, 6.45) is -9.35. The second-order valence-corrected chi connectivity index (χ2v) is 5.94. The average Bonchev–Trinajstić information content (AvgIpc) is 2.58. The summed E-state index contributed by atoms with van der Waals surface area (Å²) < 4.78 is 85.4. The van der Waals surface area contributed by atoms with Crippen LogP contribution in [0.15, 0.2) is 60.2 Å². The normalized spacial score (nSPS) is 13.8. The molecule has 0 bridgehead atoms. The minimum atomic E-state index is -5.02. The summed E-state index contributed by atoms with van der Waals surface area (Å²) in [5, 5.41) is 0. The molecule has 0 saturated heterocycles. The minimum absolute atomic E-state index is 0.0142. The maximum Gasteiger partial charge on any atom is 0.414 e. The van der Waals surface area contributed by atoms with Crippen LogP contribution in [0.2, 0.25) is 0 Å². The third-order valence-electron chi connectivity index (χ3n) is 3.55. The highest BCUT2D eigenvalue weighted by Crippen LogP contribution is 2.39. The first-order valence-electron chi connectivity index (χ1n) is 7.84. The molecule has 0 fully saturated rings. The van der Waals surface area contributed by atoms with Gasteiger partial charge in [0.25, 0.3) is 0 Å². The largest absolute Gasteiger partial charge is 0.414 e. The van der Waals surface area contributed by atoms with Crippen molar-refractivity contribution in [3.05, 3.63) is 82.4 Å². The summed E-state index contributed by atoms with van der Waals surface area (Å²) in [5.74, 6) is -4.54. The van der Waals surface area contributed by atoms with Crippen LogP contribution in [0.1, 0.15) is 22.3 Å². The van der Waals surface area contributed by atoms with Gasteiger partial charge >= 0.3 is 12.2 Å². The molecule has 1 nitrogen and oxygen atoms in total. The highest BCUT2D eigenvalue weighted by atomic mass is 19.3. The zero-order chi connectivity index (χ0) is 20.2. The average molecular weight is 386 g/mol. The van der Waals surface area contributed by atoms with Crippen molar-refractivity contribution in [1.82, 2.24) is 0 Å². The highest BCUT2D eigenvalue weighted by molar-refractivity contribution is 5.53. The molecule has 0 aromatic heterocycles. The molecule has 0 atom stereocenters. The molecule has 7 heteroatoms. The van der Waals surface area contributed by atoms with Gasteiger partial charge in [0, 0.05) is 0 Å². The summed E-state index contributed by atoms with van der Waals surface area (Å²) in [6, 6.07) is 11.4. The van der Waals surface area contributed by atoms with E-state index < -0.39 is 23.9 Å². The van der Waals surface area contributed by atoms with Gasteiger partial charge in [0.1, 0.15) is 0 Å². The molecule has 0 aliphatic carbocycles. The third-order valence-corrected chi connectivity index (χ3v) is 3.55. The van der Waals surface area contributed by atoms with Crippen LogP contribution < -0.4 is 0 Å². The molecule has 0 spiro atoms. The van der Waals surface area contributed by atoms with E-state index in [1.54, 1.807) is 13.8 Å². The summed E-state index contributed by atoms with van der Waals surface area (Å²) in [7, 11) is 0. The Hall–Kier alpha value is -2.54. The number of aryl methyl sites for hydroxylation is 2. The maximum atomic E-state index is 13.7. The smallest absolute Gasteiger partial charge is 0.243 e. The Labute approximate surface area is 152 Å². The second-order valence-electron chi connectivity index (χ2n) is 5.94. The number of rotatable bonds is 6. The Bertz CT molecular complexity index is 764. The Morgan fingerprint density at radius 1 is 0.667 bits per heavy atom. The van der Waals surface area contributed by atoms with Gasteiger partial charge in [0.2, 0.25) is 0 Å². The van der Waals surface area contributed by atoms with Crippen LogP contribution in [-0.2, 0) is 4.74 Å². The lowest BCUT2D eigenvalue weighted by Crippen LogP contribution is -2.34. The predicted molar refractivity (Wildman–Crippen MR) is 91.5 cm³/mol. The molecule has 2 rings (SSSR count). The van der Waals surface area contributed by atoms with Gasteiger partial charge in [-0.3, -0.25) is 0 Å². The Kier molecular flexibility index (Phi) is 6.15. The summed E-state index contributed by atoms with van der Waals surface area (Å²) >= 11 is 0. The fourth-order valence-corrected chi connectivity index (χ4v) is 2.04. The van der Waals surface area contributed by atoms with E-state index in [4.69, 9.17) is 0 Å². The van der Waals surface area contributed by atoms with Gasteiger partial charge in [0.15, 0.2) is 11.7 Å². The quantitative estimate of drug-likeness (QED) is 0.495. The molecule has 0 radical (unpaired) electrons. The number of hydrogen-bond acceptors (Lipinski definition) is 1. The van der Waals surface area contributed by atoms with Crippen molar-refractivity contribution in [3.8, 4) is 0 Å². The van der Waals surface area contributed by atoms with Crippen molar-refractivity contribution < 1.29 is 31.1 Å². The van der Waals surface area contributed by atoms with Gasteiger partial charge < -0.3 is 0 Å². The van der Waals surface area contributed by atoms with E-state index in [0.717, 1.165) is 11.1 Å². The lowest BCUT2D eigenvalue weighted by Gasteiger charge is -2.21. The van der Waals surface area contributed by atoms with E-state index in [9.17, 15) is 26.3 Å². The minimum Gasteiger partial charge on any atom is -0.243 e. The second kappa shape index (κ2) is 8.00. The molecule has 2 aromatic carbocycles. The van der Waals surface area contributed by atoms with E-state index >= 15 is 0 Å². The molecule has 0 heterocycles.